The lowest BCUT2D eigenvalue weighted by molar-refractivity contribution is -0.384. The molecular weight excluding hydrogens is 366 g/mol. The van der Waals surface area contributed by atoms with E-state index in [4.69, 9.17) is 0 Å². The van der Waals surface area contributed by atoms with E-state index in [0.717, 1.165) is 23.4 Å². The van der Waals surface area contributed by atoms with Gasteiger partial charge in [0.15, 0.2) is 0 Å². The second kappa shape index (κ2) is 9.98. The fourth-order valence-electron chi connectivity index (χ4n) is 3.75. The van der Waals surface area contributed by atoms with Crippen LogP contribution in [0, 0.1) is 10.1 Å². The van der Waals surface area contributed by atoms with Gasteiger partial charge in [0, 0.05) is 36.5 Å². The quantitative estimate of drug-likeness (QED) is 0.407. The van der Waals surface area contributed by atoms with Crippen molar-refractivity contribution >= 4 is 23.4 Å². The fraction of sp³-hybridized carbons (Fsp3) is 0.348. The molecule has 6 nitrogen and oxygen atoms in total. The molecule has 1 aliphatic rings. The third-order valence-electron chi connectivity index (χ3n) is 5.42. The standard InChI is InChI=1S/C23H27N3O3/c1-25(20-8-3-2-4-9-20)17-19-7-5-6-10-22(19)24-23(27)16-13-18-11-14-21(15-12-18)26(28)29/h5-7,10-16,20H,2-4,8-9,17H2,1H3,(H,24,27)/b16-13+. The first-order valence-electron chi connectivity index (χ1n) is 10.0. The van der Waals surface area contributed by atoms with Crippen molar-refractivity contribution in [2.75, 3.05) is 12.4 Å². The number of non-ortho nitro benzene ring substituents is 1. The SMILES string of the molecule is CN(Cc1ccccc1NC(=O)/C=C/c1ccc([N+](=O)[O-])cc1)C1CCCCC1. The first-order valence-corrected chi connectivity index (χ1v) is 10.0. The number of hydrogen-bond donors (Lipinski definition) is 1. The highest BCUT2D eigenvalue weighted by Gasteiger charge is 2.19. The molecular formula is C23H27N3O3. The molecule has 0 aliphatic heterocycles. The zero-order chi connectivity index (χ0) is 20.6. The summed E-state index contributed by atoms with van der Waals surface area (Å²) in [6.45, 7) is 0.799. The Morgan fingerprint density at radius 3 is 2.52 bits per heavy atom. The highest BCUT2D eigenvalue weighted by molar-refractivity contribution is 6.02. The van der Waals surface area contributed by atoms with Crippen molar-refractivity contribution in [3.8, 4) is 0 Å². The Morgan fingerprint density at radius 2 is 1.83 bits per heavy atom. The van der Waals surface area contributed by atoms with E-state index < -0.39 is 4.92 Å². The summed E-state index contributed by atoms with van der Waals surface area (Å²) < 4.78 is 0. The third kappa shape index (κ3) is 5.99. The van der Waals surface area contributed by atoms with E-state index in [2.05, 4.69) is 23.3 Å². The summed E-state index contributed by atoms with van der Waals surface area (Å²) in [5.41, 5.74) is 2.67. The average molecular weight is 393 g/mol. The molecule has 1 saturated carbocycles. The van der Waals surface area contributed by atoms with Crippen LogP contribution in [0.25, 0.3) is 6.08 Å². The molecule has 6 heteroatoms. The monoisotopic (exact) mass is 393 g/mol. The lowest BCUT2D eigenvalue weighted by atomic mass is 9.94. The van der Waals surface area contributed by atoms with E-state index in [1.807, 2.05) is 18.2 Å². The van der Waals surface area contributed by atoms with Gasteiger partial charge in [0.05, 0.1) is 4.92 Å². The molecule has 2 aromatic rings. The van der Waals surface area contributed by atoms with Crippen LogP contribution >= 0.6 is 0 Å². The number of hydrogen-bond acceptors (Lipinski definition) is 4. The topological polar surface area (TPSA) is 75.5 Å². The van der Waals surface area contributed by atoms with Crippen molar-refractivity contribution in [2.45, 2.75) is 44.7 Å². The summed E-state index contributed by atoms with van der Waals surface area (Å²) >= 11 is 0. The molecule has 0 unspecified atom stereocenters. The van der Waals surface area contributed by atoms with Crippen LogP contribution in [-0.2, 0) is 11.3 Å². The maximum atomic E-state index is 12.4. The maximum absolute atomic E-state index is 12.4. The molecule has 3 rings (SSSR count). The van der Waals surface area contributed by atoms with Crippen molar-refractivity contribution in [1.29, 1.82) is 0 Å². The minimum absolute atomic E-state index is 0.0302. The highest BCUT2D eigenvalue weighted by Crippen LogP contribution is 2.25. The number of nitro benzene ring substituents is 1. The van der Waals surface area contributed by atoms with Gasteiger partial charge in [-0.25, -0.2) is 0 Å². The zero-order valence-electron chi connectivity index (χ0n) is 16.7. The largest absolute Gasteiger partial charge is 0.322 e. The molecule has 0 saturated heterocycles. The Labute approximate surface area is 171 Å². The third-order valence-corrected chi connectivity index (χ3v) is 5.42. The molecule has 0 bridgehead atoms. The van der Waals surface area contributed by atoms with Gasteiger partial charge in [-0.05, 0) is 55.3 Å². The number of anilines is 1. The summed E-state index contributed by atoms with van der Waals surface area (Å²) in [7, 11) is 2.16. The van der Waals surface area contributed by atoms with Gasteiger partial charge >= 0.3 is 0 Å². The fourth-order valence-corrected chi connectivity index (χ4v) is 3.75. The van der Waals surface area contributed by atoms with Gasteiger partial charge in [-0.2, -0.15) is 0 Å². The lowest BCUT2D eigenvalue weighted by Crippen LogP contribution is -2.33. The summed E-state index contributed by atoms with van der Waals surface area (Å²) in [5.74, 6) is -0.226. The minimum atomic E-state index is -0.443. The molecule has 1 N–H and O–H groups in total. The molecule has 29 heavy (non-hydrogen) atoms. The van der Waals surface area contributed by atoms with Gasteiger partial charge in [0.2, 0.25) is 5.91 Å². The normalized spacial score (nSPS) is 15.0. The predicted octanol–water partition coefficient (Wildman–Crippen LogP) is 5.01. The van der Waals surface area contributed by atoms with Crippen LogP contribution < -0.4 is 5.32 Å². The lowest BCUT2D eigenvalue weighted by Gasteiger charge is -2.31. The van der Waals surface area contributed by atoms with Crippen LogP contribution in [0.2, 0.25) is 0 Å². The number of carbonyl (C=O) groups is 1. The molecule has 1 aliphatic carbocycles. The van der Waals surface area contributed by atoms with Crippen molar-refractivity contribution in [3.63, 3.8) is 0 Å². The summed E-state index contributed by atoms with van der Waals surface area (Å²) in [6.07, 6.45) is 9.49. The Morgan fingerprint density at radius 1 is 1.14 bits per heavy atom. The summed E-state index contributed by atoms with van der Waals surface area (Å²) in [6, 6.07) is 14.6. The molecule has 2 aromatic carbocycles. The Bertz CT molecular complexity index is 871. The molecule has 0 atom stereocenters. The second-order valence-electron chi connectivity index (χ2n) is 7.54. The van der Waals surface area contributed by atoms with Crippen LogP contribution in [-0.4, -0.2) is 28.8 Å². The molecule has 0 radical (unpaired) electrons. The highest BCUT2D eigenvalue weighted by atomic mass is 16.6. The van der Waals surface area contributed by atoms with Crippen LogP contribution in [0.15, 0.2) is 54.6 Å². The Kier molecular flexibility index (Phi) is 7.14. The van der Waals surface area contributed by atoms with Gasteiger partial charge in [0.25, 0.3) is 5.69 Å². The summed E-state index contributed by atoms with van der Waals surface area (Å²) in [5, 5.41) is 13.7. The van der Waals surface area contributed by atoms with Gasteiger partial charge < -0.3 is 5.32 Å². The van der Waals surface area contributed by atoms with Gasteiger partial charge in [0.1, 0.15) is 0 Å². The van der Waals surface area contributed by atoms with E-state index in [9.17, 15) is 14.9 Å². The number of amides is 1. The predicted molar refractivity (Wildman–Crippen MR) is 116 cm³/mol. The maximum Gasteiger partial charge on any atom is 0.269 e. The Hall–Kier alpha value is -2.99. The van der Waals surface area contributed by atoms with Crippen molar-refractivity contribution < 1.29 is 9.72 Å². The smallest absolute Gasteiger partial charge is 0.269 e. The van der Waals surface area contributed by atoms with Crippen molar-refractivity contribution in [1.82, 2.24) is 4.90 Å². The van der Waals surface area contributed by atoms with Crippen molar-refractivity contribution in [2.24, 2.45) is 0 Å². The zero-order valence-corrected chi connectivity index (χ0v) is 16.7. The van der Waals surface area contributed by atoms with Crippen LogP contribution in [0.1, 0.15) is 43.2 Å². The van der Waals surface area contributed by atoms with Crippen LogP contribution in [0.4, 0.5) is 11.4 Å². The van der Waals surface area contributed by atoms with E-state index in [1.165, 1.54) is 50.3 Å². The van der Waals surface area contributed by atoms with Gasteiger partial charge in [-0.3, -0.25) is 19.8 Å². The van der Waals surface area contributed by atoms with Gasteiger partial charge in [-0.1, -0.05) is 37.5 Å². The molecule has 0 heterocycles. The average Bonchev–Trinajstić information content (AvgIpc) is 2.74. The number of nitrogens with zero attached hydrogens (tertiary/aromatic N) is 2. The number of carbonyl (C=O) groups excluding carboxylic acids is 1. The molecule has 152 valence electrons. The van der Waals surface area contributed by atoms with Gasteiger partial charge in [-0.15, -0.1) is 0 Å². The van der Waals surface area contributed by atoms with E-state index in [1.54, 1.807) is 18.2 Å². The first-order chi connectivity index (χ1) is 14.0. The molecule has 0 spiro atoms. The molecule has 1 amide bonds. The molecule has 0 aromatic heterocycles. The van der Waals surface area contributed by atoms with Crippen molar-refractivity contribution in [3.05, 3.63) is 75.8 Å². The van der Waals surface area contributed by atoms with E-state index in [0.29, 0.717) is 6.04 Å². The van der Waals surface area contributed by atoms with Crippen LogP contribution in [0.3, 0.4) is 0 Å². The Balaban J connectivity index is 1.62. The minimum Gasteiger partial charge on any atom is -0.322 e. The second-order valence-corrected chi connectivity index (χ2v) is 7.54. The number of para-hydroxylation sites is 1. The first kappa shape index (κ1) is 20.7. The summed E-state index contributed by atoms with van der Waals surface area (Å²) in [4.78, 5) is 25.0. The van der Waals surface area contributed by atoms with Crippen LogP contribution in [0.5, 0.6) is 0 Å². The number of nitro groups is 1. The number of nitrogens with one attached hydrogen (secondary N) is 1. The van der Waals surface area contributed by atoms with E-state index >= 15 is 0 Å². The number of rotatable bonds is 7. The van der Waals surface area contributed by atoms with E-state index in [-0.39, 0.29) is 11.6 Å². The number of benzene rings is 2. The molecule has 1 fully saturated rings.